The number of rotatable bonds is 4. The Hall–Kier alpha value is -2.26. The predicted octanol–water partition coefficient (Wildman–Crippen LogP) is 1.96. The van der Waals surface area contributed by atoms with E-state index in [1.165, 1.54) is 4.68 Å². The Labute approximate surface area is 124 Å². The molecule has 0 unspecified atom stereocenters. The van der Waals surface area contributed by atoms with Crippen LogP contribution in [0.4, 0.5) is 5.69 Å². The van der Waals surface area contributed by atoms with Gasteiger partial charge in [0.2, 0.25) is 0 Å². The second-order valence-electron chi connectivity index (χ2n) is 4.06. The van der Waals surface area contributed by atoms with Crippen molar-refractivity contribution < 1.29 is 5.11 Å². The number of terminal acetylenes is 1. The van der Waals surface area contributed by atoms with Crippen LogP contribution in [-0.4, -0.2) is 14.9 Å². The molecule has 6 heteroatoms. The molecule has 0 aliphatic heterocycles. The normalized spacial score (nSPS) is 10.0. The number of hydrogen-bond donors (Lipinski definition) is 2. The molecule has 2 aromatic rings. The average molecular weight is 334 g/mol. The molecule has 0 aliphatic carbocycles. The molecule has 0 aliphatic rings. The zero-order valence-corrected chi connectivity index (χ0v) is 12.1. The number of hydrogen-bond acceptors (Lipinski definition) is 4. The van der Waals surface area contributed by atoms with E-state index < -0.39 is 0 Å². The van der Waals surface area contributed by atoms with Crippen molar-refractivity contribution in [2.75, 3.05) is 5.32 Å². The van der Waals surface area contributed by atoms with E-state index in [0.29, 0.717) is 16.7 Å². The average Bonchev–Trinajstić information content (AvgIpc) is 2.45. The number of nitrogens with one attached hydrogen (secondary N) is 1. The summed E-state index contributed by atoms with van der Waals surface area (Å²) in [6, 6.07) is 6.80. The van der Waals surface area contributed by atoms with Gasteiger partial charge in [-0.05, 0) is 33.6 Å². The van der Waals surface area contributed by atoms with Gasteiger partial charge in [-0.3, -0.25) is 4.79 Å². The number of aromatic hydroxyl groups is 1. The number of aromatic nitrogens is 2. The molecular formula is C14H12BrN3O2. The first-order valence-corrected chi connectivity index (χ1v) is 6.62. The lowest BCUT2D eigenvalue weighted by molar-refractivity contribution is 0.475. The molecule has 1 aromatic heterocycles. The monoisotopic (exact) mass is 333 g/mol. The lowest BCUT2D eigenvalue weighted by Gasteiger charge is -2.09. The highest BCUT2D eigenvalue weighted by molar-refractivity contribution is 9.10. The third kappa shape index (κ3) is 3.19. The Bertz CT molecular complexity index is 702. The number of nitrogens with zero attached hydrogens (tertiary/aromatic N) is 2. The zero-order valence-electron chi connectivity index (χ0n) is 10.5. The first-order chi connectivity index (χ1) is 9.61. The van der Waals surface area contributed by atoms with Crippen molar-refractivity contribution in [2.45, 2.75) is 13.1 Å². The van der Waals surface area contributed by atoms with Crippen molar-refractivity contribution >= 4 is 21.6 Å². The summed E-state index contributed by atoms with van der Waals surface area (Å²) in [5.41, 5.74) is 1.29. The maximum Gasteiger partial charge on any atom is 0.284 e. The Morgan fingerprint density at radius 1 is 1.40 bits per heavy atom. The van der Waals surface area contributed by atoms with Gasteiger partial charge in [0.15, 0.2) is 0 Å². The van der Waals surface area contributed by atoms with E-state index in [4.69, 9.17) is 6.42 Å². The summed E-state index contributed by atoms with van der Waals surface area (Å²) in [7, 11) is 0. The van der Waals surface area contributed by atoms with Crippen molar-refractivity contribution in [2.24, 2.45) is 0 Å². The van der Waals surface area contributed by atoms with Crippen LogP contribution in [0.5, 0.6) is 5.75 Å². The van der Waals surface area contributed by atoms with Crippen LogP contribution in [0.1, 0.15) is 5.56 Å². The van der Waals surface area contributed by atoms with Crippen molar-refractivity contribution in [1.29, 1.82) is 0 Å². The van der Waals surface area contributed by atoms with Gasteiger partial charge in [-0.2, -0.15) is 5.10 Å². The van der Waals surface area contributed by atoms with Crippen LogP contribution in [-0.2, 0) is 13.1 Å². The molecule has 2 rings (SSSR count). The standard InChI is InChI=1S/C14H12BrN3O2/c1-2-7-18-14(20)13(15)12(9-17-18)16-8-10-3-5-11(19)6-4-10/h1,3-6,9,16,19H,7-8H2. The summed E-state index contributed by atoms with van der Waals surface area (Å²) in [4.78, 5) is 11.9. The van der Waals surface area contributed by atoms with Gasteiger partial charge in [-0.15, -0.1) is 6.42 Å². The van der Waals surface area contributed by atoms with Gasteiger partial charge in [-0.25, -0.2) is 4.68 Å². The molecule has 0 saturated carbocycles. The van der Waals surface area contributed by atoms with Crippen LogP contribution < -0.4 is 10.9 Å². The highest BCUT2D eigenvalue weighted by Crippen LogP contribution is 2.18. The molecule has 0 fully saturated rings. The topological polar surface area (TPSA) is 67.2 Å². The number of phenolic OH excluding ortho intramolecular Hbond substituents is 1. The van der Waals surface area contributed by atoms with Gasteiger partial charge in [0.05, 0.1) is 11.9 Å². The minimum Gasteiger partial charge on any atom is -0.508 e. The highest BCUT2D eigenvalue weighted by Gasteiger charge is 2.07. The Kier molecular flexibility index (Phi) is 4.43. The summed E-state index contributed by atoms with van der Waals surface area (Å²) in [5, 5.41) is 16.3. The van der Waals surface area contributed by atoms with E-state index in [2.05, 4.69) is 32.3 Å². The molecule has 0 saturated heterocycles. The van der Waals surface area contributed by atoms with Crippen LogP contribution in [0, 0.1) is 12.3 Å². The van der Waals surface area contributed by atoms with Gasteiger partial charge in [0.25, 0.3) is 5.56 Å². The zero-order chi connectivity index (χ0) is 14.5. The fourth-order valence-corrected chi connectivity index (χ4v) is 2.05. The van der Waals surface area contributed by atoms with Gasteiger partial charge >= 0.3 is 0 Å². The molecule has 1 heterocycles. The Balaban J connectivity index is 2.14. The Morgan fingerprint density at radius 3 is 2.75 bits per heavy atom. The van der Waals surface area contributed by atoms with E-state index in [-0.39, 0.29) is 17.9 Å². The van der Waals surface area contributed by atoms with Crippen LogP contribution in [0.25, 0.3) is 0 Å². The number of anilines is 1. The first-order valence-electron chi connectivity index (χ1n) is 5.82. The second-order valence-corrected chi connectivity index (χ2v) is 4.85. The molecule has 0 bridgehead atoms. The number of benzene rings is 1. The molecule has 0 atom stereocenters. The third-order valence-electron chi connectivity index (χ3n) is 2.65. The first kappa shape index (κ1) is 14.2. The lowest BCUT2D eigenvalue weighted by atomic mass is 10.2. The fraction of sp³-hybridized carbons (Fsp3) is 0.143. The summed E-state index contributed by atoms with van der Waals surface area (Å²) in [5.74, 6) is 2.59. The summed E-state index contributed by atoms with van der Waals surface area (Å²) >= 11 is 3.24. The molecule has 102 valence electrons. The summed E-state index contributed by atoms with van der Waals surface area (Å²) in [6.45, 7) is 0.648. The molecule has 0 spiro atoms. The number of phenols is 1. The quantitative estimate of drug-likeness (QED) is 0.839. The van der Waals surface area contributed by atoms with E-state index in [0.717, 1.165) is 5.56 Å². The van der Waals surface area contributed by atoms with Crippen molar-refractivity contribution in [1.82, 2.24) is 9.78 Å². The molecule has 2 N–H and O–H groups in total. The van der Waals surface area contributed by atoms with Crippen molar-refractivity contribution in [3.8, 4) is 18.1 Å². The molecular weight excluding hydrogens is 322 g/mol. The van der Waals surface area contributed by atoms with Gasteiger partial charge < -0.3 is 10.4 Å². The number of halogens is 1. The predicted molar refractivity (Wildman–Crippen MR) is 80.5 cm³/mol. The van der Waals surface area contributed by atoms with Crippen LogP contribution in [0.2, 0.25) is 0 Å². The SMILES string of the molecule is C#CCn1ncc(NCc2ccc(O)cc2)c(Br)c1=O. The summed E-state index contributed by atoms with van der Waals surface area (Å²) in [6.07, 6.45) is 6.71. The molecule has 5 nitrogen and oxygen atoms in total. The molecule has 0 radical (unpaired) electrons. The van der Waals surface area contributed by atoms with E-state index in [1.54, 1.807) is 30.5 Å². The van der Waals surface area contributed by atoms with Crippen molar-refractivity contribution in [3.05, 3.63) is 50.9 Å². The van der Waals surface area contributed by atoms with Crippen LogP contribution >= 0.6 is 15.9 Å². The van der Waals surface area contributed by atoms with E-state index in [9.17, 15) is 9.90 Å². The maximum atomic E-state index is 11.9. The second kappa shape index (κ2) is 6.26. The summed E-state index contributed by atoms with van der Waals surface area (Å²) < 4.78 is 1.59. The molecule has 20 heavy (non-hydrogen) atoms. The largest absolute Gasteiger partial charge is 0.508 e. The van der Waals surface area contributed by atoms with E-state index in [1.807, 2.05) is 0 Å². The van der Waals surface area contributed by atoms with E-state index >= 15 is 0 Å². The van der Waals surface area contributed by atoms with Gasteiger partial charge in [0.1, 0.15) is 16.8 Å². The smallest absolute Gasteiger partial charge is 0.284 e. The Morgan fingerprint density at radius 2 is 2.10 bits per heavy atom. The minimum atomic E-state index is -0.279. The van der Waals surface area contributed by atoms with Crippen molar-refractivity contribution in [3.63, 3.8) is 0 Å². The third-order valence-corrected chi connectivity index (χ3v) is 3.41. The highest BCUT2D eigenvalue weighted by atomic mass is 79.9. The maximum absolute atomic E-state index is 11.9. The minimum absolute atomic E-state index is 0.135. The molecule has 1 aromatic carbocycles. The van der Waals surface area contributed by atoms with Crippen LogP contribution in [0.3, 0.4) is 0 Å². The fourth-order valence-electron chi connectivity index (χ4n) is 1.60. The lowest BCUT2D eigenvalue weighted by Crippen LogP contribution is -2.24. The van der Waals surface area contributed by atoms with Gasteiger partial charge in [0, 0.05) is 6.54 Å². The molecule has 0 amide bonds. The van der Waals surface area contributed by atoms with Crippen LogP contribution in [0.15, 0.2) is 39.7 Å². The van der Waals surface area contributed by atoms with Gasteiger partial charge in [-0.1, -0.05) is 18.1 Å².